The zero-order chi connectivity index (χ0) is 25.5. The van der Waals surface area contributed by atoms with Crippen molar-refractivity contribution in [3.63, 3.8) is 0 Å². The van der Waals surface area contributed by atoms with Crippen LogP contribution in [0.1, 0.15) is 111 Å². The standard InChI is InChI=1S/C33H54N2O/c1-22(21-36-30-13-8-12-29(34)31(30)35)9-7-10-23(2)26-16-17-27-25-15-14-24-11-5-6-19-32(24,3)28(25)18-20-33(26,27)4/h8,12-13,22-28H,5-7,9-11,14-21,34-35H2,1-4H3/t22?,23-,24?,25+,26-,27+,28+,32+,33-/m1/s1. The summed E-state index contributed by atoms with van der Waals surface area (Å²) in [6, 6.07) is 5.67. The van der Waals surface area contributed by atoms with E-state index in [4.69, 9.17) is 16.2 Å². The summed E-state index contributed by atoms with van der Waals surface area (Å²) >= 11 is 0. The fraction of sp³-hybridized carbons (Fsp3) is 0.818. The molecule has 4 N–H and O–H groups in total. The molecule has 3 heteroatoms. The summed E-state index contributed by atoms with van der Waals surface area (Å²) in [5.74, 6) is 7.12. The Labute approximate surface area is 221 Å². The summed E-state index contributed by atoms with van der Waals surface area (Å²) in [6.07, 6.45) is 19.0. The third-order valence-electron chi connectivity index (χ3n) is 12.3. The quantitative estimate of drug-likeness (QED) is 0.355. The maximum atomic E-state index is 6.07. The summed E-state index contributed by atoms with van der Waals surface area (Å²) < 4.78 is 6.01. The van der Waals surface area contributed by atoms with E-state index in [1.165, 1.54) is 77.0 Å². The van der Waals surface area contributed by atoms with Crippen molar-refractivity contribution in [2.45, 2.75) is 111 Å². The average molecular weight is 495 g/mol. The molecule has 4 aliphatic rings. The first-order valence-corrected chi connectivity index (χ1v) is 15.5. The number of anilines is 2. The van der Waals surface area contributed by atoms with Crippen LogP contribution in [0.5, 0.6) is 5.75 Å². The average Bonchev–Trinajstić information content (AvgIpc) is 3.22. The van der Waals surface area contributed by atoms with Crippen LogP contribution in [0.3, 0.4) is 0 Å². The fourth-order valence-electron chi connectivity index (χ4n) is 10.3. The van der Waals surface area contributed by atoms with Crippen LogP contribution in [-0.4, -0.2) is 6.61 Å². The van der Waals surface area contributed by atoms with Crippen LogP contribution in [0.4, 0.5) is 11.4 Å². The number of benzene rings is 1. The lowest BCUT2D eigenvalue weighted by molar-refractivity contribution is -0.114. The predicted octanol–water partition coefficient (Wildman–Crippen LogP) is 8.72. The molecule has 1 aromatic rings. The van der Waals surface area contributed by atoms with Gasteiger partial charge in [0.1, 0.15) is 5.75 Å². The van der Waals surface area contributed by atoms with Crippen LogP contribution in [0, 0.1) is 52.3 Å². The lowest BCUT2D eigenvalue weighted by Crippen LogP contribution is -2.53. The van der Waals surface area contributed by atoms with Crippen LogP contribution in [0.25, 0.3) is 0 Å². The van der Waals surface area contributed by atoms with Gasteiger partial charge in [-0.2, -0.15) is 0 Å². The number of hydrogen-bond donors (Lipinski definition) is 2. The number of rotatable bonds is 8. The topological polar surface area (TPSA) is 61.3 Å². The highest BCUT2D eigenvalue weighted by Gasteiger charge is 2.60. The number of para-hydroxylation sites is 1. The summed E-state index contributed by atoms with van der Waals surface area (Å²) in [7, 11) is 0. The third-order valence-corrected chi connectivity index (χ3v) is 12.3. The first-order chi connectivity index (χ1) is 17.2. The van der Waals surface area contributed by atoms with E-state index in [2.05, 4.69) is 27.7 Å². The van der Waals surface area contributed by atoms with E-state index in [1.807, 2.05) is 18.2 Å². The van der Waals surface area contributed by atoms with Gasteiger partial charge in [0.2, 0.25) is 0 Å². The molecular formula is C33H54N2O. The van der Waals surface area contributed by atoms with Crippen LogP contribution < -0.4 is 16.2 Å². The van der Waals surface area contributed by atoms with Crippen molar-refractivity contribution in [3.8, 4) is 5.75 Å². The molecule has 9 atom stereocenters. The summed E-state index contributed by atoms with van der Waals surface area (Å²) in [4.78, 5) is 0. The van der Waals surface area contributed by atoms with E-state index in [1.54, 1.807) is 6.42 Å². The lowest BCUT2D eigenvalue weighted by atomic mass is 9.44. The Hall–Kier alpha value is -1.38. The maximum absolute atomic E-state index is 6.07. The van der Waals surface area contributed by atoms with Crippen LogP contribution in [-0.2, 0) is 0 Å². The second-order valence-electron chi connectivity index (χ2n) is 14.2. The molecule has 4 fully saturated rings. The molecule has 0 aromatic heterocycles. The van der Waals surface area contributed by atoms with Crippen LogP contribution in [0.2, 0.25) is 0 Å². The van der Waals surface area contributed by atoms with Gasteiger partial charge in [0.15, 0.2) is 0 Å². The summed E-state index contributed by atoms with van der Waals surface area (Å²) in [6.45, 7) is 11.1. The highest BCUT2D eigenvalue weighted by Crippen LogP contribution is 2.68. The van der Waals surface area contributed by atoms with Gasteiger partial charge in [0.05, 0.1) is 18.0 Å². The van der Waals surface area contributed by atoms with Crippen LogP contribution >= 0.6 is 0 Å². The van der Waals surface area contributed by atoms with Crippen molar-refractivity contribution < 1.29 is 4.74 Å². The highest BCUT2D eigenvalue weighted by molar-refractivity contribution is 5.70. The van der Waals surface area contributed by atoms with E-state index < -0.39 is 0 Å². The van der Waals surface area contributed by atoms with E-state index in [9.17, 15) is 0 Å². The molecule has 2 unspecified atom stereocenters. The predicted molar refractivity (Wildman–Crippen MR) is 153 cm³/mol. The SMILES string of the molecule is CC(CCC[C@@H](C)[C@H]1CC[C@H]2[C@@H]3CCC4CCCC[C@]4(C)[C@H]3CC[C@]12C)COc1cccc(N)c1N. The van der Waals surface area contributed by atoms with Gasteiger partial charge >= 0.3 is 0 Å². The van der Waals surface area contributed by atoms with Gasteiger partial charge in [-0.25, -0.2) is 0 Å². The normalized spacial score (nSPS) is 39.5. The molecule has 0 heterocycles. The Kier molecular flexibility index (Phi) is 7.59. The number of hydrogen-bond acceptors (Lipinski definition) is 3. The molecular weight excluding hydrogens is 440 g/mol. The molecule has 0 spiro atoms. The Bertz CT molecular complexity index is 900. The van der Waals surface area contributed by atoms with Crippen molar-refractivity contribution in [1.29, 1.82) is 0 Å². The molecule has 0 bridgehead atoms. The molecule has 4 aliphatic carbocycles. The van der Waals surface area contributed by atoms with Gasteiger partial charge in [-0.3, -0.25) is 0 Å². The molecule has 4 saturated carbocycles. The molecule has 202 valence electrons. The molecule has 5 rings (SSSR count). The zero-order valence-corrected chi connectivity index (χ0v) is 23.7. The number of nitrogens with two attached hydrogens (primary N) is 2. The van der Waals surface area contributed by atoms with Crippen molar-refractivity contribution >= 4 is 11.4 Å². The maximum Gasteiger partial charge on any atom is 0.144 e. The monoisotopic (exact) mass is 494 g/mol. The first kappa shape index (κ1) is 26.2. The molecule has 1 aromatic carbocycles. The Balaban J connectivity index is 1.13. The van der Waals surface area contributed by atoms with Crippen molar-refractivity contribution in [2.24, 2.45) is 52.3 Å². The largest absolute Gasteiger partial charge is 0.491 e. The van der Waals surface area contributed by atoms with E-state index in [0.29, 0.717) is 34.7 Å². The number of nitrogen functional groups attached to an aromatic ring is 2. The minimum absolute atomic E-state index is 0.534. The smallest absolute Gasteiger partial charge is 0.144 e. The van der Waals surface area contributed by atoms with Gasteiger partial charge < -0.3 is 16.2 Å². The van der Waals surface area contributed by atoms with Gasteiger partial charge in [-0.1, -0.05) is 59.4 Å². The number of fused-ring (bicyclic) bond motifs is 5. The Morgan fingerprint density at radius 1 is 0.889 bits per heavy atom. The van der Waals surface area contributed by atoms with Gasteiger partial charge in [-0.05, 0) is 122 Å². The van der Waals surface area contributed by atoms with Gasteiger partial charge in [0.25, 0.3) is 0 Å². The zero-order valence-electron chi connectivity index (χ0n) is 23.7. The second kappa shape index (κ2) is 10.4. The van der Waals surface area contributed by atoms with Crippen LogP contribution in [0.15, 0.2) is 18.2 Å². The van der Waals surface area contributed by atoms with Crippen molar-refractivity contribution in [3.05, 3.63) is 18.2 Å². The van der Waals surface area contributed by atoms with Gasteiger partial charge in [-0.15, -0.1) is 0 Å². The van der Waals surface area contributed by atoms with Crippen molar-refractivity contribution in [1.82, 2.24) is 0 Å². The van der Waals surface area contributed by atoms with E-state index in [-0.39, 0.29) is 0 Å². The molecule has 36 heavy (non-hydrogen) atoms. The van der Waals surface area contributed by atoms with E-state index >= 15 is 0 Å². The minimum atomic E-state index is 0.534. The fourth-order valence-corrected chi connectivity index (χ4v) is 10.3. The second-order valence-corrected chi connectivity index (χ2v) is 14.2. The molecule has 3 nitrogen and oxygen atoms in total. The minimum Gasteiger partial charge on any atom is -0.491 e. The molecule has 0 radical (unpaired) electrons. The summed E-state index contributed by atoms with van der Waals surface area (Å²) in [5, 5.41) is 0. The molecule has 0 saturated heterocycles. The van der Waals surface area contributed by atoms with E-state index in [0.717, 1.165) is 41.3 Å². The first-order valence-electron chi connectivity index (χ1n) is 15.5. The number of ether oxygens (including phenoxy) is 1. The highest BCUT2D eigenvalue weighted by atomic mass is 16.5. The van der Waals surface area contributed by atoms with Crippen molar-refractivity contribution in [2.75, 3.05) is 18.1 Å². The Morgan fingerprint density at radius 3 is 2.53 bits per heavy atom. The van der Waals surface area contributed by atoms with Gasteiger partial charge in [0, 0.05) is 0 Å². The molecule has 0 aliphatic heterocycles. The Morgan fingerprint density at radius 2 is 1.69 bits per heavy atom. The lowest BCUT2D eigenvalue weighted by Gasteiger charge is -2.61. The molecule has 0 amide bonds. The third kappa shape index (κ3) is 4.66. The summed E-state index contributed by atoms with van der Waals surface area (Å²) in [5.41, 5.74) is 14.4.